The van der Waals surface area contributed by atoms with Crippen LogP contribution in [0.1, 0.15) is 25.8 Å². The van der Waals surface area contributed by atoms with Gasteiger partial charge in [0.25, 0.3) is 0 Å². The molecule has 29 heavy (non-hydrogen) atoms. The fourth-order valence-corrected chi connectivity index (χ4v) is 5.66. The lowest BCUT2D eigenvalue weighted by Crippen LogP contribution is -2.68. The van der Waals surface area contributed by atoms with Gasteiger partial charge in [-0.2, -0.15) is 5.26 Å². The highest BCUT2D eigenvalue weighted by Gasteiger charge is 2.46. The lowest BCUT2D eigenvalue weighted by atomic mass is 9.91. The highest BCUT2D eigenvalue weighted by Crippen LogP contribution is 2.36. The van der Waals surface area contributed by atoms with Crippen LogP contribution in [0.15, 0.2) is 24.3 Å². The number of hydrogen-bond acceptors (Lipinski definition) is 6. The van der Waals surface area contributed by atoms with E-state index >= 15 is 0 Å². The van der Waals surface area contributed by atoms with Crippen LogP contribution in [0.4, 0.5) is 5.69 Å². The minimum Gasteiger partial charge on any atom is -0.368 e. The van der Waals surface area contributed by atoms with Crippen LogP contribution in [0.5, 0.6) is 0 Å². The van der Waals surface area contributed by atoms with Crippen molar-refractivity contribution in [3.63, 3.8) is 0 Å². The summed E-state index contributed by atoms with van der Waals surface area (Å²) in [6.45, 7) is 9.73. The first kappa shape index (κ1) is 18.9. The Morgan fingerprint density at radius 2 is 1.97 bits per heavy atom. The molecule has 0 radical (unpaired) electrons. The number of hydrogen-bond donors (Lipinski definition) is 1. The Morgan fingerprint density at radius 3 is 2.69 bits per heavy atom. The van der Waals surface area contributed by atoms with Crippen LogP contribution in [0.2, 0.25) is 0 Å². The third-order valence-electron chi connectivity index (χ3n) is 7.00. The van der Waals surface area contributed by atoms with Crippen LogP contribution in [0.3, 0.4) is 0 Å². The number of aromatic nitrogens is 1. The van der Waals surface area contributed by atoms with Crippen molar-refractivity contribution in [2.24, 2.45) is 5.73 Å². The fourth-order valence-electron chi connectivity index (χ4n) is 5.66. The van der Waals surface area contributed by atoms with Crippen LogP contribution in [-0.4, -0.2) is 79.0 Å². The van der Waals surface area contributed by atoms with Gasteiger partial charge in [0.05, 0.1) is 11.1 Å². The lowest BCUT2D eigenvalue weighted by molar-refractivity contribution is 0.0411. The number of nitrogens with zero attached hydrogens (tertiary/aromatic N) is 5. The summed E-state index contributed by atoms with van der Waals surface area (Å²) in [4.78, 5) is 12.5. The van der Waals surface area contributed by atoms with Gasteiger partial charge in [-0.05, 0) is 44.1 Å². The summed E-state index contributed by atoms with van der Waals surface area (Å²) < 4.78 is 0. The average Bonchev–Trinajstić information content (AvgIpc) is 3.09. The molecule has 3 aliphatic rings. The predicted molar refractivity (Wildman–Crippen MR) is 119 cm³/mol. The Balaban J connectivity index is 1.41. The highest BCUT2D eigenvalue weighted by molar-refractivity contribution is 6.31. The quantitative estimate of drug-likeness (QED) is 0.734. The minimum atomic E-state index is -0.00666. The van der Waals surface area contributed by atoms with Gasteiger partial charge in [-0.25, -0.2) is 0 Å². The van der Waals surface area contributed by atoms with E-state index in [2.05, 4.69) is 51.7 Å². The molecular formula is C22H29BN6. The van der Waals surface area contributed by atoms with Crippen molar-refractivity contribution in [2.75, 3.05) is 37.6 Å². The van der Waals surface area contributed by atoms with Gasteiger partial charge in [0.15, 0.2) is 7.85 Å². The molecule has 2 N–H and O–H groups in total. The standard InChI is InChI=1S/C22H29BN6/c1-14-9-27(10-17-7-16(11-29(14)17)28-12-22(2,25)13-28)19-5-3-15(8-24)21-18(19)4-6-20(23)26-21/h3-6,14,16-17H,7,9-13,23,25H2,1-2H3. The SMILES string of the molecule is Bc1ccc2c(N3CC(C)N4CC(N5CC(C)(N)C5)CC4C3)ccc(C#N)c2n1. The number of benzene rings is 1. The van der Waals surface area contributed by atoms with Crippen LogP contribution in [0.25, 0.3) is 10.9 Å². The van der Waals surface area contributed by atoms with E-state index in [0.717, 1.165) is 49.2 Å². The van der Waals surface area contributed by atoms with Gasteiger partial charge in [0.2, 0.25) is 0 Å². The monoisotopic (exact) mass is 388 g/mol. The largest absolute Gasteiger partial charge is 0.368 e. The van der Waals surface area contributed by atoms with Crippen molar-refractivity contribution in [3.8, 4) is 6.07 Å². The molecule has 0 bridgehead atoms. The van der Waals surface area contributed by atoms with Crippen molar-refractivity contribution in [3.05, 3.63) is 29.8 Å². The molecule has 7 heteroatoms. The maximum Gasteiger partial charge on any atom is 0.163 e. The van der Waals surface area contributed by atoms with Gasteiger partial charge in [-0.15, -0.1) is 0 Å². The molecule has 3 fully saturated rings. The highest BCUT2D eigenvalue weighted by atomic mass is 15.4. The summed E-state index contributed by atoms with van der Waals surface area (Å²) in [6, 6.07) is 12.2. The zero-order chi connectivity index (χ0) is 20.3. The number of nitriles is 1. The van der Waals surface area contributed by atoms with Gasteiger partial charge in [-0.1, -0.05) is 6.07 Å². The molecule has 0 aliphatic carbocycles. The summed E-state index contributed by atoms with van der Waals surface area (Å²) in [5, 5.41) is 10.6. The van der Waals surface area contributed by atoms with Crippen molar-refractivity contribution in [1.82, 2.24) is 14.8 Å². The van der Waals surface area contributed by atoms with Crippen LogP contribution >= 0.6 is 0 Å². The van der Waals surface area contributed by atoms with Gasteiger partial charge in [0, 0.05) is 67.5 Å². The Labute approximate surface area is 173 Å². The average molecular weight is 388 g/mol. The van der Waals surface area contributed by atoms with E-state index in [4.69, 9.17) is 5.73 Å². The van der Waals surface area contributed by atoms with Crippen LogP contribution in [0, 0.1) is 11.3 Å². The van der Waals surface area contributed by atoms with Gasteiger partial charge in [-0.3, -0.25) is 14.8 Å². The van der Waals surface area contributed by atoms with Crippen molar-refractivity contribution < 1.29 is 0 Å². The van der Waals surface area contributed by atoms with Gasteiger partial charge in [0.1, 0.15) is 6.07 Å². The number of likely N-dealkylation sites (tertiary alicyclic amines) is 1. The molecule has 3 aliphatic heterocycles. The van der Waals surface area contributed by atoms with E-state index in [9.17, 15) is 5.26 Å². The third kappa shape index (κ3) is 3.20. The normalized spacial score (nSPS) is 29.4. The summed E-state index contributed by atoms with van der Waals surface area (Å²) in [5.41, 5.74) is 9.88. The zero-order valence-corrected chi connectivity index (χ0v) is 17.6. The summed E-state index contributed by atoms with van der Waals surface area (Å²) >= 11 is 0. The molecule has 1 aromatic heterocycles. The van der Waals surface area contributed by atoms with Crippen molar-refractivity contribution in [2.45, 2.75) is 43.9 Å². The third-order valence-corrected chi connectivity index (χ3v) is 7.00. The molecular weight excluding hydrogens is 359 g/mol. The number of piperazine rings is 1. The molecule has 150 valence electrons. The number of anilines is 1. The van der Waals surface area contributed by atoms with E-state index in [0.29, 0.717) is 23.7 Å². The Hall–Kier alpha value is -2.14. The molecule has 5 rings (SSSR count). The number of fused-ring (bicyclic) bond motifs is 2. The first-order valence-electron chi connectivity index (χ1n) is 10.7. The first-order valence-corrected chi connectivity index (χ1v) is 10.7. The molecule has 3 unspecified atom stereocenters. The van der Waals surface area contributed by atoms with Gasteiger partial charge >= 0.3 is 0 Å². The van der Waals surface area contributed by atoms with Crippen LogP contribution in [-0.2, 0) is 0 Å². The minimum absolute atomic E-state index is 0.00666. The van der Waals surface area contributed by atoms with E-state index in [1.165, 1.54) is 12.1 Å². The summed E-state index contributed by atoms with van der Waals surface area (Å²) in [7, 11) is 1.98. The Bertz CT molecular complexity index is 991. The molecule has 0 amide bonds. The molecule has 0 spiro atoms. The van der Waals surface area contributed by atoms with E-state index in [1.54, 1.807) is 0 Å². The maximum absolute atomic E-state index is 9.52. The fraction of sp³-hybridized carbons (Fsp3) is 0.545. The molecule has 6 nitrogen and oxygen atoms in total. The molecule has 2 aromatic rings. The number of pyridine rings is 1. The van der Waals surface area contributed by atoms with E-state index in [-0.39, 0.29) is 5.54 Å². The molecule has 3 atom stereocenters. The second kappa shape index (κ2) is 6.70. The molecule has 4 heterocycles. The summed E-state index contributed by atoms with van der Waals surface area (Å²) in [6.07, 6.45) is 1.21. The van der Waals surface area contributed by atoms with E-state index in [1.807, 2.05) is 20.0 Å². The maximum atomic E-state index is 9.52. The van der Waals surface area contributed by atoms with Crippen molar-refractivity contribution >= 4 is 30.0 Å². The summed E-state index contributed by atoms with van der Waals surface area (Å²) in [5.74, 6) is 0. The predicted octanol–water partition coefficient (Wildman–Crippen LogP) is 0.0493. The molecule has 1 aromatic carbocycles. The van der Waals surface area contributed by atoms with E-state index < -0.39 is 0 Å². The first-order chi connectivity index (χ1) is 13.8. The Kier molecular flexibility index (Phi) is 4.36. The number of rotatable bonds is 2. The molecule has 3 saturated heterocycles. The second-order valence-electron chi connectivity index (χ2n) is 9.65. The number of nitrogens with two attached hydrogens (primary N) is 1. The molecule has 0 saturated carbocycles. The van der Waals surface area contributed by atoms with Crippen LogP contribution < -0.4 is 16.2 Å². The van der Waals surface area contributed by atoms with Crippen molar-refractivity contribution in [1.29, 1.82) is 5.26 Å². The topological polar surface area (TPSA) is 72.4 Å². The lowest BCUT2D eigenvalue weighted by Gasteiger charge is -2.48. The van der Waals surface area contributed by atoms with Gasteiger partial charge < -0.3 is 10.6 Å². The Morgan fingerprint density at radius 1 is 1.17 bits per heavy atom. The second-order valence-corrected chi connectivity index (χ2v) is 9.65. The smallest absolute Gasteiger partial charge is 0.163 e. The zero-order valence-electron chi connectivity index (χ0n) is 17.6.